The van der Waals surface area contributed by atoms with Gasteiger partial charge in [0.15, 0.2) is 0 Å². The molecule has 14 heavy (non-hydrogen) atoms. The van der Waals surface area contributed by atoms with Crippen LogP contribution >= 0.6 is 11.8 Å². The molecule has 1 aliphatic rings. The number of nitrogens with zero attached hydrogens (tertiary/aromatic N) is 4. The van der Waals surface area contributed by atoms with E-state index in [4.69, 9.17) is 5.11 Å². The number of hydrogen-bond acceptors (Lipinski definition) is 5. The number of carbonyl (C=O) groups is 1. The summed E-state index contributed by atoms with van der Waals surface area (Å²) in [7, 11) is 0. The van der Waals surface area contributed by atoms with Crippen molar-refractivity contribution < 1.29 is 9.90 Å². The number of carboxylic acid groups (broad SMARTS) is 1. The van der Waals surface area contributed by atoms with E-state index in [1.807, 2.05) is 0 Å². The maximum Gasteiger partial charge on any atom is 0.304 e. The Hall–Kier alpha value is -1.11. The zero-order chi connectivity index (χ0) is 9.97. The summed E-state index contributed by atoms with van der Waals surface area (Å²) in [4.78, 5) is 10.3. The number of aliphatic carboxylic acids is 1. The second-order valence-corrected chi connectivity index (χ2v) is 4.19. The Bertz CT molecular complexity index is 336. The van der Waals surface area contributed by atoms with Gasteiger partial charge in [-0.25, -0.2) is 4.68 Å². The molecule has 1 saturated carbocycles. The minimum atomic E-state index is -0.789. The topological polar surface area (TPSA) is 80.9 Å². The number of rotatable bonds is 5. The molecule has 0 saturated heterocycles. The SMILES string of the molecule is O=C(O)CCSc1nnnn1C1CC1. The Kier molecular flexibility index (Phi) is 2.67. The first-order chi connectivity index (χ1) is 6.77. The molecule has 0 atom stereocenters. The van der Waals surface area contributed by atoms with E-state index in [0.29, 0.717) is 11.8 Å². The molecule has 0 unspecified atom stereocenters. The van der Waals surface area contributed by atoms with Crippen molar-refractivity contribution in [2.75, 3.05) is 5.75 Å². The quantitative estimate of drug-likeness (QED) is 0.722. The van der Waals surface area contributed by atoms with Crippen molar-refractivity contribution in [3.63, 3.8) is 0 Å². The summed E-state index contributed by atoms with van der Waals surface area (Å²) in [6.45, 7) is 0. The van der Waals surface area contributed by atoms with Crippen LogP contribution in [0.25, 0.3) is 0 Å². The molecule has 0 spiro atoms. The Morgan fingerprint density at radius 1 is 1.64 bits per heavy atom. The van der Waals surface area contributed by atoms with Crippen LogP contribution in [0.1, 0.15) is 25.3 Å². The van der Waals surface area contributed by atoms with Gasteiger partial charge in [0, 0.05) is 5.75 Å². The third kappa shape index (κ3) is 2.22. The highest BCUT2D eigenvalue weighted by molar-refractivity contribution is 7.99. The molecule has 0 radical (unpaired) electrons. The van der Waals surface area contributed by atoms with Crippen molar-refractivity contribution >= 4 is 17.7 Å². The van der Waals surface area contributed by atoms with Gasteiger partial charge in [0.05, 0.1) is 12.5 Å². The molecule has 1 aromatic rings. The predicted molar refractivity (Wildman–Crippen MR) is 49.1 cm³/mol. The van der Waals surface area contributed by atoms with E-state index in [9.17, 15) is 4.79 Å². The molecule has 7 heteroatoms. The summed E-state index contributed by atoms with van der Waals surface area (Å²) in [5.41, 5.74) is 0. The van der Waals surface area contributed by atoms with Gasteiger partial charge >= 0.3 is 5.97 Å². The van der Waals surface area contributed by atoms with Gasteiger partial charge in [0.1, 0.15) is 0 Å². The van der Waals surface area contributed by atoms with Crippen LogP contribution in [0.2, 0.25) is 0 Å². The van der Waals surface area contributed by atoms with Gasteiger partial charge in [-0.1, -0.05) is 11.8 Å². The zero-order valence-corrected chi connectivity index (χ0v) is 8.27. The average Bonchev–Trinajstić information content (AvgIpc) is 2.87. The van der Waals surface area contributed by atoms with Crippen LogP contribution in [-0.2, 0) is 4.79 Å². The van der Waals surface area contributed by atoms with E-state index in [1.165, 1.54) is 11.8 Å². The van der Waals surface area contributed by atoms with E-state index in [-0.39, 0.29) is 6.42 Å². The number of hydrogen-bond donors (Lipinski definition) is 1. The summed E-state index contributed by atoms with van der Waals surface area (Å²) in [5.74, 6) is -0.273. The normalized spacial score (nSPS) is 15.7. The fourth-order valence-electron chi connectivity index (χ4n) is 1.06. The van der Waals surface area contributed by atoms with Crippen LogP contribution in [0, 0.1) is 0 Å². The largest absolute Gasteiger partial charge is 0.481 e. The summed E-state index contributed by atoms with van der Waals surface area (Å²) < 4.78 is 1.78. The van der Waals surface area contributed by atoms with Crippen molar-refractivity contribution in [3.05, 3.63) is 0 Å². The Balaban J connectivity index is 1.88. The molecular weight excluding hydrogens is 204 g/mol. The summed E-state index contributed by atoms with van der Waals surface area (Å²) in [6, 6.07) is 0.442. The Labute approximate surface area is 84.7 Å². The van der Waals surface area contributed by atoms with Gasteiger partial charge in [-0.05, 0) is 23.3 Å². The second-order valence-electron chi connectivity index (χ2n) is 3.13. The van der Waals surface area contributed by atoms with E-state index >= 15 is 0 Å². The predicted octanol–water partition coefficient (Wildman–Crippen LogP) is 0.575. The number of carboxylic acids is 1. The van der Waals surface area contributed by atoms with Gasteiger partial charge < -0.3 is 5.11 Å². The number of thioether (sulfide) groups is 1. The summed E-state index contributed by atoms with van der Waals surface area (Å²) in [5, 5.41) is 20.5. The molecule has 0 bridgehead atoms. The lowest BCUT2D eigenvalue weighted by atomic mass is 10.5. The molecule has 1 heterocycles. The lowest BCUT2D eigenvalue weighted by Crippen LogP contribution is -2.01. The summed E-state index contributed by atoms with van der Waals surface area (Å²) >= 11 is 1.40. The van der Waals surface area contributed by atoms with Gasteiger partial charge in [0.25, 0.3) is 0 Å². The second kappa shape index (κ2) is 3.95. The first kappa shape index (κ1) is 9.45. The third-order valence-corrected chi connectivity index (χ3v) is 2.84. The van der Waals surface area contributed by atoms with E-state index in [2.05, 4.69) is 15.5 Å². The first-order valence-corrected chi connectivity index (χ1v) is 5.38. The van der Waals surface area contributed by atoms with Crippen molar-refractivity contribution in [3.8, 4) is 0 Å². The Morgan fingerprint density at radius 2 is 2.43 bits per heavy atom. The number of tetrazole rings is 1. The van der Waals surface area contributed by atoms with Gasteiger partial charge in [-0.3, -0.25) is 4.79 Å². The van der Waals surface area contributed by atoms with Crippen molar-refractivity contribution in [2.24, 2.45) is 0 Å². The fourth-order valence-corrected chi connectivity index (χ4v) is 1.93. The van der Waals surface area contributed by atoms with Gasteiger partial charge in [0.2, 0.25) is 5.16 Å². The minimum absolute atomic E-state index is 0.141. The lowest BCUT2D eigenvalue weighted by molar-refractivity contribution is -0.136. The van der Waals surface area contributed by atoms with Crippen LogP contribution in [0.3, 0.4) is 0 Å². The summed E-state index contributed by atoms with van der Waals surface area (Å²) in [6.07, 6.45) is 2.39. The molecule has 1 aliphatic carbocycles. The molecule has 0 aromatic carbocycles. The number of aromatic nitrogens is 4. The molecule has 0 aliphatic heterocycles. The lowest BCUT2D eigenvalue weighted by Gasteiger charge is -1.99. The smallest absolute Gasteiger partial charge is 0.304 e. The highest BCUT2D eigenvalue weighted by atomic mass is 32.2. The molecule has 0 amide bonds. The maximum absolute atomic E-state index is 10.3. The highest BCUT2D eigenvalue weighted by Crippen LogP contribution is 2.36. The van der Waals surface area contributed by atoms with Crippen LogP contribution in [0.5, 0.6) is 0 Å². The molecule has 1 fully saturated rings. The van der Waals surface area contributed by atoms with Crippen molar-refractivity contribution in [1.82, 2.24) is 20.2 Å². The van der Waals surface area contributed by atoms with Crippen LogP contribution in [0.4, 0.5) is 0 Å². The first-order valence-electron chi connectivity index (χ1n) is 4.40. The third-order valence-electron chi connectivity index (χ3n) is 1.90. The molecular formula is C7H10N4O2S. The highest BCUT2D eigenvalue weighted by Gasteiger charge is 2.27. The molecule has 1 N–H and O–H groups in total. The van der Waals surface area contributed by atoms with Crippen LogP contribution in [0.15, 0.2) is 5.16 Å². The molecule has 1 aromatic heterocycles. The molecule has 2 rings (SSSR count). The minimum Gasteiger partial charge on any atom is -0.481 e. The molecule has 76 valence electrons. The Morgan fingerprint density at radius 3 is 3.07 bits per heavy atom. The zero-order valence-electron chi connectivity index (χ0n) is 7.46. The van der Waals surface area contributed by atoms with Crippen LogP contribution < -0.4 is 0 Å². The van der Waals surface area contributed by atoms with Gasteiger partial charge in [-0.15, -0.1) is 5.10 Å². The maximum atomic E-state index is 10.3. The molecule has 6 nitrogen and oxygen atoms in total. The van der Waals surface area contributed by atoms with Gasteiger partial charge in [-0.2, -0.15) is 0 Å². The van der Waals surface area contributed by atoms with E-state index in [1.54, 1.807) is 4.68 Å². The van der Waals surface area contributed by atoms with Crippen molar-refractivity contribution in [2.45, 2.75) is 30.5 Å². The van der Waals surface area contributed by atoms with E-state index < -0.39 is 5.97 Å². The van der Waals surface area contributed by atoms with Crippen molar-refractivity contribution in [1.29, 1.82) is 0 Å². The average molecular weight is 214 g/mol. The monoisotopic (exact) mass is 214 g/mol. The fraction of sp³-hybridized carbons (Fsp3) is 0.714. The standard InChI is InChI=1S/C7H10N4O2S/c12-6(13)3-4-14-7-8-9-10-11(7)5-1-2-5/h5H,1-4H2,(H,12,13). The van der Waals surface area contributed by atoms with Crippen LogP contribution in [-0.4, -0.2) is 37.0 Å². The van der Waals surface area contributed by atoms with E-state index in [0.717, 1.165) is 18.0 Å².